The zero-order valence-corrected chi connectivity index (χ0v) is 12.9. The first-order valence-corrected chi connectivity index (χ1v) is 7.01. The fourth-order valence-corrected chi connectivity index (χ4v) is 2.11. The van der Waals surface area contributed by atoms with Crippen molar-refractivity contribution in [2.75, 3.05) is 13.2 Å². The summed E-state index contributed by atoms with van der Waals surface area (Å²) in [7, 11) is 0. The highest BCUT2D eigenvalue weighted by atomic mass is 16.6. The van der Waals surface area contributed by atoms with Crippen LogP contribution in [0.25, 0.3) is 0 Å². The Morgan fingerprint density at radius 2 is 2.05 bits per heavy atom. The van der Waals surface area contributed by atoms with E-state index in [2.05, 4.69) is 4.98 Å². The van der Waals surface area contributed by atoms with E-state index in [0.29, 0.717) is 31.9 Å². The van der Waals surface area contributed by atoms with Crippen LogP contribution in [0.5, 0.6) is 0 Å². The number of imidazole rings is 1. The van der Waals surface area contributed by atoms with Crippen molar-refractivity contribution >= 4 is 12.1 Å². The maximum atomic E-state index is 12.1. The third kappa shape index (κ3) is 3.53. The minimum Gasteiger partial charge on any atom is -0.461 e. The predicted molar refractivity (Wildman–Crippen MR) is 74.8 cm³/mol. The molecule has 116 valence electrons. The smallest absolute Gasteiger partial charge is 0.410 e. The number of aromatic nitrogens is 2. The summed E-state index contributed by atoms with van der Waals surface area (Å²) in [5, 5.41) is 0. The fourth-order valence-electron chi connectivity index (χ4n) is 2.11. The van der Waals surface area contributed by atoms with Crippen molar-refractivity contribution < 1.29 is 19.1 Å². The molecule has 2 heterocycles. The number of ether oxygens (including phenoxy) is 2. The number of carbonyl (C=O) groups excluding carboxylic acids is 2. The molecule has 1 aliphatic heterocycles. The minimum absolute atomic E-state index is 0.269. The summed E-state index contributed by atoms with van der Waals surface area (Å²) >= 11 is 0. The average molecular weight is 295 g/mol. The van der Waals surface area contributed by atoms with Crippen LogP contribution >= 0.6 is 0 Å². The SMILES string of the molecule is CCOC(=O)c1ncn2c1CN(C(=O)OC(C)(C)C)CC2. The number of rotatable bonds is 2. The minimum atomic E-state index is -0.543. The molecule has 1 amide bonds. The average Bonchev–Trinajstić information content (AvgIpc) is 2.79. The van der Waals surface area contributed by atoms with Gasteiger partial charge in [-0.1, -0.05) is 0 Å². The normalized spacial score (nSPS) is 14.6. The Bertz CT molecular complexity index is 545. The van der Waals surface area contributed by atoms with E-state index in [0.717, 1.165) is 0 Å². The Balaban J connectivity index is 2.14. The van der Waals surface area contributed by atoms with Gasteiger partial charge in [0, 0.05) is 13.1 Å². The molecule has 0 saturated carbocycles. The number of esters is 1. The van der Waals surface area contributed by atoms with Gasteiger partial charge in [0.15, 0.2) is 5.69 Å². The summed E-state index contributed by atoms with van der Waals surface area (Å²) in [6.07, 6.45) is 1.22. The summed E-state index contributed by atoms with van der Waals surface area (Å²) in [5.74, 6) is -0.461. The highest BCUT2D eigenvalue weighted by Gasteiger charge is 2.29. The number of fused-ring (bicyclic) bond motifs is 1. The molecule has 7 heteroatoms. The van der Waals surface area contributed by atoms with Gasteiger partial charge < -0.3 is 18.9 Å². The molecule has 0 radical (unpaired) electrons. The first kappa shape index (κ1) is 15.3. The summed E-state index contributed by atoms with van der Waals surface area (Å²) in [5.41, 5.74) is 0.411. The van der Waals surface area contributed by atoms with Gasteiger partial charge in [-0.25, -0.2) is 14.6 Å². The zero-order chi connectivity index (χ0) is 15.6. The third-order valence-corrected chi connectivity index (χ3v) is 3.02. The molecule has 21 heavy (non-hydrogen) atoms. The third-order valence-electron chi connectivity index (χ3n) is 3.02. The molecule has 1 aromatic heterocycles. The van der Waals surface area contributed by atoms with E-state index in [1.807, 2.05) is 25.3 Å². The molecule has 0 bridgehead atoms. The van der Waals surface area contributed by atoms with Crippen molar-refractivity contribution in [3.63, 3.8) is 0 Å². The summed E-state index contributed by atoms with van der Waals surface area (Å²) in [6.45, 7) is 8.91. The Labute approximate surface area is 123 Å². The molecule has 0 spiro atoms. The Kier molecular flexibility index (Phi) is 4.20. The van der Waals surface area contributed by atoms with Crippen molar-refractivity contribution in [2.24, 2.45) is 0 Å². The standard InChI is InChI=1S/C14H21N3O4/c1-5-20-12(18)11-10-8-16(6-7-17(10)9-15-11)13(19)21-14(2,3)4/h9H,5-8H2,1-4H3. The Morgan fingerprint density at radius 1 is 1.33 bits per heavy atom. The van der Waals surface area contributed by atoms with Crippen LogP contribution < -0.4 is 0 Å². The lowest BCUT2D eigenvalue weighted by molar-refractivity contribution is 0.0195. The van der Waals surface area contributed by atoms with Gasteiger partial charge in [-0.2, -0.15) is 0 Å². The lowest BCUT2D eigenvalue weighted by atomic mass is 10.2. The molecule has 7 nitrogen and oxygen atoms in total. The first-order chi connectivity index (χ1) is 9.81. The van der Waals surface area contributed by atoms with Crippen LogP contribution in [0.15, 0.2) is 6.33 Å². The van der Waals surface area contributed by atoms with E-state index in [1.54, 1.807) is 18.2 Å². The van der Waals surface area contributed by atoms with Crippen molar-refractivity contribution in [3.8, 4) is 0 Å². The quantitative estimate of drug-likeness (QED) is 0.778. The van der Waals surface area contributed by atoms with Crippen molar-refractivity contribution in [3.05, 3.63) is 17.7 Å². The van der Waals surface area contributed by atoms with Gasteiger partial charge in [0.1, 0.15) is 5.60 Å². The highest BCUT2D eigenvalue weighted by Crippen LogP contribution is 2.19. The number of hydrogen-bond acceptors (Lipinski definition) is 5. The largest absolute Gasteiger partial charge is 0.461 e. The lowest BCUT2D eigenvalue weighted by Gasteiger charge is -2.30. The molecule has 0 fully saturated rings. The number of carbonyl (C=O) groups is 2. The first-order valence-electron chi connectivity index (χ1n) is 7.01. The van der Waals surface area contributed by atoms with Gasteiger partial charge in [0.2, 0.25) is 0 Å². The van der Waals surface area contributed by atoms with Gasteiger partial charge in [0.25, 0.3) is 0 Å². The number of amides is 1. The van der Waals surface area contributed by atoms with E-state index in [9.17, 15) is 9.59 Å². The predicted octanol–water partition coefficient (Wildman–Crippen LogP) is 1.81. The molecular formula is C14H21N3O4. The topological polar surface area (TPSA) is 73.7 Å². The molecule has 0 N–H and O–H groups in total. The molecule has 1 aromatic rings. The Morgan fingerprint density at radius 3 is 2.67 bits per heavy atom. The van der Waals surface area contributed by atoms with E-state index < -0.39 is 11.6 Å². The van der Waals surface area contributed by atoms with E-state index in [4.69, 9.17) is 9.47 Å². The Hall–Kier alpha value is -2.05. The van der Waals surface area contributed by atoms with E-state index >= 15 is 0 Å². The monoisotopic (exact) mass is 295 g/mol. The van der Waals surface area contributed by atoms with Gasteiger partial charge in [0.05, 0.1) is 25.2 Å². The van der Waals surface area contributed by atoms with Crippen LogP contribution in [-0.2, 0) is 22.6 Å². The maximum absolute atomic E-state index is 12.1. The second-order valence-electron chi connectivity index (χ2n) is 5.86. The number of hydrogen-bond donors (Lipinski definition) is 0. The van der Waals surface area contributed by atoms with Crippen LogP contribution in [0.2, 0.25) is 0 Å². The molecule has 0 atom stereocenters. The summed E-state index contributed by atoms with van der Waals surface area (Å²) in [4.78, 5) is 29.6. The van der Waals surface area contributed by atoms with Crippen molar-refractivity contribution in [2.45, 2.75) is 46.4 Å². The van der Waals surface area contributed by atoms with E-state index in [1.165, 1.54) is 0 Å². The number of nitrogens with zero attached hydrogens (tertiary/aromatic N) is 3. The fraction of sp³-hybridized carbons (Fsp3) is 0.643. The molecule has 0 aromatic carbocycles. The summed E-state index contributed by atoms with van der Waals surface area (Å²) < 4.78 is 12.2. The van der Waals surface area contributed by atoms with Crippen molar-refractivity contribution in [1.82, 2.24) is 14.5 Å². The molecule has 2 rings (SSSR count). The van der Waals surface area contributed by atoms with Crippen LogP contribution in [0, 0.1) is 0 Å². The lowest BCUT2D eigenvalue weighted by Crippen LogP contribution is -2.41. The second-order valence-corrected chi connectivity index (χ2v) is 5.86. The van der Waals surface area contributed by atoms with Crippen LogP contribution in [-0.4, -0.2) is 45.3 Å². The highest BCUT2D eigenvalue weighted by molar-refractivity contribution is 5.88. The second kappa shape index (κ2) is 5.75. The van der Waals surface area contributed by atoms with Gasteiger partial charge in [-0.15, -0.1) is 0 Å². The van der Waals surface area contributed by atoms with E-state index in [-0.39, 0.29) is 11.8 Å². The molecular weight excluding hydrogens is 274 g/mol. The van der Waals surface area contributed by atoms with Gasteiger partial charge in [-0.05, 0) is 27.7 Å². The van der Waals surface area contributed by atoms with Crippen molar-refractivity contribution in [1.29, 1.82) is 0 Å². The molecule has 1 aliphatic rings. The molecule has 0 aliphatic carbocycles. The molecule has 0 unspecified atom stereocenters. The van der Waals surface area contributed by atoms with Gasteiger partial charge in [-0.3, -0.25) is 0 Å². The van der Waals surface area contributed by atoms with Gasteiger partial charge >= 0.3 is 12.1 Å². The zero-order valence-electron chi connectivity index (χ0n) is 12.9. The molecule has 0 saturated heterocycles. The maximum Gasteiger partial charge on any atom is 0.410 e. The van der Waals surface area contributed by atoms with Crippen LogP contribution in [0.1, 0.15) is 43.9 Å². The summed E-state index contributed by atoms with van der Waals surface area (Å²) in [6, 6.07) is 0. The van der Waals surface area contributed by atoms with Crippen LogP contribution in [0.3, 0.4) is 0 Å². The van der Waals surface area contributed by atoms with Crippen LogP contribution in [0.4, 0.5) is 4.79 Å².